The summed E-state index contributed by atoms with van der Waals surface area (Å²) in [4.78, 5) is 0. The van der Waals surface area contributed by atoms with Gasteiger partial charge in [-0.3, -0.25) is 5.32 Å². The Morgan fingerprint density at radius 3 is 2.47 bits per heavy atom. The third-order valence-electron chi connectivity index (χ3n) is 3.86. The van der Waals surface area contributed by atoms with E-state index in [0.29, 0.717) is 31.8 Å². The van der Waals surface area contributed by atoms with Crippen LogP contribution in [0.3, 0.4) is 0 Å². The van der Waals surface area contributed by atoms with E-state index >= 15 is 0 Å². The number of unbranched alkanes of at least 4 members (excludes halogenated alkanes) is 1. The summed E-state index contributed by atoms with van der Waals surface area (Å²) in [7, 11) is 0. The summed E-state index contributed by atoms with van der Waals surface area (Å²) in [5, 5.41) is 13.0. The summed E-state index contributed by atoms with van der Waals surface area (Å²) >= 11 is 0. The fourth-order valence-electron chi connectivity index (χ4n) is 2.30. The molecule has 0 heterocycles. The predicted octanol–water partition coefficient (Wildman–Crippen LogP) is 2.24. The first kappa shape index (κ1) is 14.8. The molecular weight excluding hydrogens is 240 g/mol. The van der Waals surface area contributed by atoms with Crippen molar-refractivity contribution in [2.45, 2.75) is 57.0 Å². The maximum Gasteiger partial charge on any atom is 0.133 e. The SMILES string of the molecule is CCCCOCCOCC(C#N)(NC1CC1)C1CC1. The number of hydrogen-bond acceptors (Lipinski definition) is 4. The van der Waals surface area contributed by atoms with Crippen LogP contribution in [-0.2, 0) is 9.47 Å². The van der Waals surface area contributed by atoms with Crippen molar-refractivity contribution in [3.63, 3.8) is 0 Å². The molecule has 0 bridgehead atoms. The van der Waals surface area contributed by atoms with Gasteiger partial charge in [0.15, 0.2) is 0 Å². The Bertz CT molecular complexity index is 308. The summed E-state index contributed by atoms with van der Waals surface area (Å²) in [5.41, 5.74) is -0.440. The normalized spacial score (nSPS) is 21.9. The first-order valence-electron chi connectivity index (χ1n) is 7.65. The molecule has 0 aromatic rings. The van der Waals surface area contributed by atoms with E-state index in [1.54, 1.807) is 0 Å². The molecule has 19 heavy (non-hydrogen) atoms. The molecule has 2 aliphatic rings. The lowest BCUT2D eigenvalue weighted by Gasteiger charge is -2.28. The standard InChI is InChI=1S/C15H26N2O2/c1-2-3-8-18-9-10-19-12-15(11-16,13-4-5-13)17-14-6-7-14/h13-14,17H,2-10,12H2,1H3. The molecule has 1 unspecified atom stereocenters. The second-order valence-corrected chi connectivity index (χ2v) is 5.79. The van der Waals surface area contributed by atoms with Crippen LogP contribution in [0.1, 0.15) is 45.4 Å². The first-order chi connectivity index (χ1) is 9.30. The van der Waals surface area contributed by atoms with Crippen LogP contribution in [0.5, 0.6) is 0 Å². The third-order valence-corrected chi connectivity index (χ3v) is 3.86. The Balaban J connectivity index is 1.64. The summed E-state index contributed by atoms with van der Waals surface area (Å²) < 4.78 is 11.2. The van der Waals surface area contributed by atoms with Crippen LogP contribution >= 0.6 is 0 Å². The molecule has 2 fully saturated rings. The van der Waals surface area contributed by atoms with Crippen LogP contribution in [0, 0.1) is 17.2 Å². The predicted molar refractivity (Wildman–Crippen MR) is 73.8 cm³/mol. The molecule has 0 spiro atoms. The van der Waals surface area contributed by atoms with Crippen molar-refractivity contribution in [1.29, 1.82) is 5.26 Å². The molecule has 1 atom stereocenters. The Morgan fingerprint density at radius 1 is 1.16 bits per heavy atom. The van der Waals surface area contributed by atoms with Gasteiger partial charge in [-0.25, -0.2) is 0 Å². The molecule has 0 saturated heterocycles. The lowest BCUT2D eigenvalue weighted by atomic mass is 9.96. The summed E-state index contributed by atoms with van der Waals surface area (Å²) in [6.45, 7) is 4.69. The van der Waals surface area contributed by atoms with Crippen molar-refractivity contribution < 1.29 is 9.47 Å². The molecular formula is C15H26N2O2. The van der Waals surface area contributed by atoms with Crippen molar-refractivity contribution in [1.82, 2.24) is 5.32 Å². The van der Waals surface area contributed by atoms with Gasteiger partial charge in [-0.05, 0) is 38.0 Å². The minimum Gasteiger partial charge on any atom is -0.379 e. The molecule has 2 rings (SSSR count). The van der Waals surface area contributed by atoms with Gasteiger partial charge in [0.2, 0.25) is 0 Å². The van der Waals surface area contributed by atoms with Crippen LogP contribution in [0.2, 0.25) is 0 Å². The number of ether oxygens (including phenoxy) is 2. The molecule has 108 valence electrons. The van der Waals surface area contributed by atoms with E-state index in [-0.39, 0.29) is 0 Å². The molecule has 2 aliphatic carbocycles. The van der Waals surface area contributed by atoms with E-state index in [2.05, 4.69) is 18.3 Å². The lowest BCUT2D eigenvalue weighted by Crippen LogP contribution is -2.51. The Hall–Kier alpha value is -0.630. The topological polar surface area (TPSA) is 54.3 Å². The van der Waals surface area contributed by atoms with E-state index in [9.17, 15) is 5.26 Å². The molecule has 0 aromatic carbocycles. The highest BCUT2D eigenvalue weighted by Crippen LogP contribution is 2.41. The molecule has 4 heteroatoms. The maximum absolute atomic E-state index is 9.51. The van der Waals surface area contributed by atoms with Gasteiger partial charge in [-0.1, -0.05) is 13.3 Å². The molecule has 0 radical (unpaired) electrons. The molecule has 0 amide bonds. The number of hydrogen-bond donors (Lipinski definition) is 1. The number of nitrogens with zero attached hydrogens (tertiary/aromatic N) is 1. The van der Waals surface area contributed by atoms with Crippen LogP contribution < -0.4 is 5.32 Å². The smallest absolute Gasteiger partial charge is 0.133 e. The average Bonchev–Trinajstić information content (AvgIpc) is 3.28. The zero-order valence-electron chi connectivity index (χ0n) is 12.0. The van der Waals surface area contributed by atoms with Crippen molar-refractivity contribution >= 4 is 0 Å². The van der Waals surface area contributed by atoms with Gasteiger partial charge in [0, 0.05) is 12.6 Å². The summed E-state index contributed by atoms with van der Waals surface area (Å²) in [6, 6.07) is 3.03. The fourth-order valence-corrected chi connectivity index (χ4v) is 2.30. The van der Waals surface area contributed by atoms with Crippen molar-refractivity contribution in [2.75, 3.05) is 26.4 Å². The Morgan fingerprint density at radius 2 is 1.89 bits per heavy atom. The molecule has 4 nitrogen and oxygen atoms in total. The second-order valence-electron chi connectivity index (χ2n) is 5.79. The summed E-state index contributed by atoms with van der Waals surface area (Å²) in [5.74, 6) is 0.485. The molecule has 1 N–H and O–H groups in total. The third kappa shape index (κ3) is 4.76. The van der Waals surface area contributed by atoms with Gasteiger partial charge < -0.3 is 9.47 Å². The highest BCUT2D eigenvalue weighted by Gasteiger charge is 2.48. The minimum absolute atomic E-state index is 0.440. The van der Waals surface area contributed by atoms with Gasteiger partial charge >= 0.3 is 0 Å². The van der Waals surface area contributed by atoms with Crippen molar-refractivity contribution in [2.24, 2.45) is 5.92 Å². The van der Waals surface area contributed by atoms with E-state index in [0.717, 1.165) is 32.3 Å². The molecule has 0 aliphatic heterocycles. The van der Waals surface area contributed by atoms with Crippen LogP contribution in [0.4, 0.5) is 0 Å². The van der Waals surface area contributed by atoms with E-state index in [4.69, 9.17) is 9.47 Å². The van der Waals surface area contributed by atoms with Gasteiger partial charge in [0.25, 0.3) is 0 Å². The quantitative estimate of drug-likeness (QED) is 0.583. The van der Waals surface area contributed by atoms with E-state index in [1.165, 1.54) is 12.8 Å². The van der Waals surface area contributed by atoms with Gasteiger partial charge in [0.1, 0.15) is 5.54 Å². The zero-order valence-corrected chi connectivity index (χ0v) is 12.0. The monoisotopic (exact) mass is 266 g/mol. The van der Waals surface area contributed by atoms with Crippen molar-refractivity contribution in [3.8, 4) is 6.07 Å². The van der Waals surface area contributed by atoms with E-state index in [1.807, 2.05) is 0 Å². The van der Waals surface area contributed by atoms with Gasteiger partial charge in [-0.2, -0.15) is 5.26 Å². The van der Waals surface area contributed by atoms with Crippen LogP contribution in [0.15, 0.2) is 0 Å². The highest BCUT2D eigenvalue weighted by atomic mass is 16.5. The maximum atomic E-state index is 9.51. The van der Waals surface area contributed by atoms with Crippen LogP contribution in [-0.4, -0.2) is 38.0 Å². The molecule has 0 aromatic heterocycles. The average molecular weight is 266 g/mol. The number of nitrogens with one attached hydrogen (secondary N) is 1. The largest absolute Gasteiger partial charge is 0.379 e. The Kier molecular flexibility index (Phi) is 5.62. The number of nitriles is 1. The first-order valence-corrected chi connectivity index (χ1v) is 7.65. The molecule has 2 saturated carbocycles. The lowest BCUT2D eigenvalue weighted by molar-refractivity contribution is 0.0245. The Labute approximate surface area is 116 Å². The highest BCUT2D eigenvalue weighted by molar-refractivity contribution is 5.17. The minimum atomic E-state index is -0.440. The second kappa shape index (κ2) is 7.23. The van der Waals surface area contributed by atoms with Crippen LogP contribution in [0.25, 0.3) is 0 Å². The summed E-state index contributed by atoms with van der Waals surface area (Å²) in [6.07, 6.45) is 6.98. The zero-order chi connectivity index (χ0) is 13.6. The number of rotatable bonds is 11. The van der Waals surface area contributed by atoms with Crippen molar-refractivity contribution in [3.05, 3.63) is 0 Å². The van der Waals surface area contributed by atoms with Gasteiger partial charge in [0.05, 0.1) is 25.9 Å². The van der Waals surface area contributed by atoms with E-state index < -0.39 is 5.54 Å². The fraction of sp³-hybridized carbons (Fsp3) is 0.933. The van der Waals surface area contributed by atoms with Gasteiger partial charge in [-0.15, -0.1) is 0 Å².